The van der Waals surface area contributed by atoms with Crippen molar-refractivity contribution in [2.45, 2.75) is 18.9 Å². The van der Waals surface area contributed by atoms with Crippen LogP contribution in [0.5, 0.6) is 0 Å². The van der Waals surface area contributed by atoms with Crippen molar-refractivity contribution < 1.29 is 0 Å². The summed E-state index contributed by atoms with van der Waals surface area (Å²) in [5, 5.41) is 3.46. The minimum Gasteiger partial charge on any atom is -0.314 e. The number of halogens is 2. The third-order valence-corrected chi connectivity index (χ3v) is 6.24. The molecule has 1 aromatic carbocycles. The molecule has 2 aliphatic rings. The van der Waals surface area contributed by atoms with Crippen molar-refractivity contribution in [3.05, 3.63) is 67.9 Å². The van der Waals surface area contributed by atoms with Crippen LogP contribution in [0.3, 0.4) is 0 Å². The third-order valence-electron chi connectivity index (χ3n) is 5.15. The molecule has 4 rings (SSSR count). The lowest BCUT2D eigenvalue weighted by Gasteiger charge is -2.36. The van der Waals surface area contributed by atoms with Gasteiger partial charge in [0.25, 0.3) is 0 Å². The van der Waals surface area contributed by atoms with Gasteiger partial charge in [0.1, 0.15) is 0 Å². The van der Waals surface area contributed by atoms with Gasteiger partial charge in [0.2, 0.25) is 0 Å². The summed E-state index contributed by atoms with van der Waals surface area (Å²) in [6.07, 6.45) is 5.91. The number of nitrogens with zero attached hydrogens (tertiary/aromatic N) is 2. The number of piperazine rings is 1. The van der Waals surface area contributed by atoms with Crippen LogP contribution in [0.15, 0.2) is 39.9 Å². The molecule has 0 saturated carbocycles. The van der Waals surface area contributed by atoms with Crippen molar-refractivity contribution >= 4 is 37.9 Å². The first kappa shape index (κ1) is 17.4. The van der Waals surface area contributed by atoms with Crippen molar-refractivity contribution in [1.29, 1.82) is 0 Å². The fourth-order valence-corrected chi connectivity index (χ4v) is 5.08. The van der Waals surface area contributed by atoms with Gasteiger partial charge < -0.3 is 5.32 Å². The van der Waals surface area contributed by atoms with E-state index in [0.29, 0.717) is 0 Å². The van der Waals surface area contributed by atoms with E-state index in [9.17, 15) is 0 Å². The fourth-order valence-electron chi connectivity index (χ4n) is 3.97. The second-order valence-electron chi connectivity index (χ2n) is 6.67. The van der Waals surface area contributed by atoms with Gasteiger partial charge in [0.15, 0.2) is 0 Å². The van der Waals surface area contributed by atoms with Crippen molar-refractivity contribution in [3.63, 3.8) is 0 Å². The fraction of sp³-hybridized carbons (Fsp3) is 0.350. The SMILES string of the molecule is C=Cc1cc(Br)c2c(c1)CCc1cc(Br)cnc1[C@H]2N1CCNCC1. The van der Waals surface area contributed by atoms with E-state index in [-0.39, 0.29) is 6.04 Å². The summed E-state index contributed by atoms with van der Waals surface area (Å²) in [6, 6.07) is 6.93. The van der Waals surface area contributed by atoms with E-state index >= 15 is 0 Å². The monoisotopic (exact) mass is 461 g/mol. The molecule has 5 heteroatoms. The maximum atomic E-state index is 4.87. The predicted octanol–water partition coefficient (Wildman–Crippen LogP) is 4.34. The Bertz CT molecular complexity index is 813. The van der Waals surface area contributed by atoms with Crippen molar-refractivity contribution in [1.82, 2.24) is 15.2 Å². The van der Waals surface area contributed by atoms with Crippen LogP contribution in [0, 0.1) is 0 Å². The van der Waals surface area contributed by atoms with Crippen LogP contribution in [-0.2, 0) is 12.8 Å². The Morgan fingerprint density at radius 3 is 2.64 bits per heavy atom. The number of benzene rings is 1. The standard InChI is InChI=1S/C20H21Br2N3/c1-2-13-9-14-3-4-15-11-16(21)12-24-19(15)20(18(14)17(22)10-13)25-7-5-23-6-8-25/h2,9-12,20,23H,1,3-8H2/t20-/m0/s1. The second-order valence-corrected chi connectivity index (χ2v) is 8.44. The first-order valence-corrected chi connectivity index (χ1v) is 10.3. The van der Waals surface area contributed by atoms with Crippen LogP contribution in [0.2, 0.25) is 0 Å². The Morgan fingerprint density at radius 2 is 1.88 bits per heavy atom. The Balaban J connectivity index is 1.91. The molecule has 25 heavy (non-hydrogen) atoms. The zero-order valence-corrected chi connectivity index (χ0v) is 17.2. The summed E-state index contributed by atoms with van der Waals surface area (Å²) in [6.45, 7) is 8.08. The highest BCUT2D eigenvalue weighted by molar-refractivity contribution is 9.10. The van der Waals surface area contributed by atoms with Crippen molar-refractivity contribution in [2.75, 3.05) is 26.2 Å². The van der Waals surface area contributed by atoms with Crippen LogP contribution in [-0.4, -0.2) is 36.1 Å². The van der Waals surface area contributed by atoms with E-state index in [2.05, 4.69) is 66.9 Å². The van der Waals surface area contributed by atoms with Crippen LogP contribution >= 0.6 is 31.9 Å². The quantitative estimate of drug-likeness (QED) is 0.719. The van der Waals surface area contributed by atoms with E-state index in [1.807, 2.05) is 12.3 Å². The smallest absolute Gasteiger partial charge is 0.0793 e. The summed E-state index contributed by atoms with van der Waals surface area (Å²) < 4.78 is 2.23. The van der Waals surface area contributed by atoms with Crippen LogP contribution < -0.4 is 5.32 Å². The Labute approximate surface area is 165 Å². The highest BCUT2D eigenvalue weighted by Gasteiger charge is 2.32. The van der Waals surface area contributed by atoms with Gasteiger partial charge in [-0.3, -0.25) is 9.88 Å². The number of rotatable bonds is 2. The Kier molecular flexibility index (Phi) is 5.09. The maximum Gasteiger partial charge on any atom is 0.0793 e. The van der Waals surface area contributed by atoms with Gasteiger partial charge in [-0.15, -0.1) is 0 Å². The van der Waals surface area contributed by atoms with E-state index in [1.54, 1.807) is 0 Å². The molecule has 1 saturated heterocycles. The molecule has 1 fully saturated rings. The van der Waals surface area contributed by atoms with Gasteiger partial charge in [-0.2, -0.15) is 0 Å². The minimum atomic E-state index is 0.205. The zero-order chi connectivity index (χ0) is 17.4. The average Bonchev–Trinajstić information content (AvgIpc) is 2.79. The number of hydrogen-bond acceptors (Lipinski definition) is 3. The van der Waals surface area contributed by atoms with Crippen molar-refractivity contribution in [3.8, 4) is 0 Å². The Hall–Kier alpha value is -1.01. The molecule has 2 heterocycles. The Morgan fingerprint density at radius 1 is 1.12 bits per heavy atom. The molecule has 3 nitrogen and oxygen atoms in total. The highest BCUT2D eigenvalue weighted by atomic mass is 79.9. The van der Waals surface area contributed by atoms with E-state index in [1.165, 1.54) is 32.4 Å². The van der Waals surface area contributed by atoms with Crippen LogP contribution in [0.1, 0.15) is 34.0 Å². The molecule has 0 unspecified atom stereocenters. The average molecular weight is 463 g/mol. The lowest BCUT2D eigenvalue weighted by molar-refractivity contribution is 0.194. The number of fused-ring (bicyclic) bond motifs is 2. The molecule has 1 aliphatic heterocycles. The van der Waals surface area contributed by atoms with Crippen LogP contribution in [0.25, 0.3) is 6.08 Å². The molecule has 1 aliphatic carbocycles. The molecule has 0 amide bonds. The topological polar surface area (TPSA) is 28.2 Å². The number of nitrogens with one attached hydrogen (secondary N) is 1. The second kappa shape index (κ2) is 7.31. The minimum absolute atomic E-state index is 0.205. The lowest BCUT2D eigenvalue weighted by atomic mass is 9.94. The molecule has 0 bridgehead atoms. The summed E-state index contributed by atoms with van der Waals surface area (Å²) in [4.78, 5) is 7.44. The largest absolute Gasteiger partial charge is 0.314 e. The number of aromatic nitrogens is 1. The van der Waals surface area contributed by atoms with Gasteiger partial charge in [0.05, 0.1) is 11.7 Å². The molecular weight excluding hydrogens is 442 g/mol. The molecule has 1 aromatic heterocycles. The van der Waals surface area contributed by atoms with E-state index in [4.69, 9.17) is 4.98 Å². The van der Waals surface area contributed by atoms with Crippen molar-refractivity contribution in [2.24, 2.45) is 0 Å². The van der Waals surface area contributed by atoms with Gasteiger partial charge in [-0.05, 0) is 63.2 Å². The molecule has 0 spiro atoms. The molecule has 130 valence electrons. The van der Waals surface area contributed by atoms with Gasteiger partial charge >= 0.3 is 0 Å². The number of pyridine rings is 1. The van der Waals surface area contributed by atoms with Crippen LogP contribution in [0.4, 0.5) is 0 Å². The normalized spacial score (nSPS) is 20.5. The first-order valence-electron chi connectivity index (χ1n) is 8.71. The molecule has 0 radical (unpaired) electrons. The summed E-state index contributed by atoms with van der Waals surface area (Å²) in [7, 11) is 0. The van der Waals surface area contributed by atoms with Gasteiger partial charge in [-0.25, -0.2) is 0 Å². The lowest BCUT2D eigenvalue weighted by Crippen LogP contribution is -2.45. The van der Waals surface area contributed by atoms with E-state index < -0.39 is 0 Å². The number of hydrogen-bond donors (Lipinski definition) is 1. The van der Waals surface area contributed by atoms with Gasteiger partial charge in [0, 0.05) is 41.3 Å². The zero-order valence-electron chi connectivity index (χ0n) is 14.1. The molecule has 1 N–H and O–H groups in total. The summed E-state index contributed by atoms with van der Waals surface area (Å²) in [5.74, 6) is 0. The summed E-state index contributed by atoms with van der Waals surface area (Å²) in [5.41, 5.74) is 6.50. The predicted molar refractivity (Wildman–Crippen MR) is 110 cm³/mol. The highest BCUT2D eigenvalue weighted by Crippen LogP contribution is 2.41. The maximum absolute atomic E-state index is 4.87. The summed E-state index contributed by atoms with van der Waals surface area (Å²) >= 11 is 7.45. The molecular formula is C20H21Br2N3. The number of aryl methyl sites for hydroxylation is 2. The molecule has 2 aromatic rings. The van der Waals surface area contributed by atoms with Gasteiger partial charge in [-0.1, -0.05) is 34.7 Å². The first-order chi connectivity index (χ1) is 12.2. The molecule has 1 atom stereocenters. The third kappa shape index (κ3) is 3.35. The van der Waals surface area contributed by atoms with E-state index in [0.717, 1.165) is 43.5 Å².